The fourth-order valence-electron chi connectivity index (χ4n) is 1.25. The maximum atomic E-state index is 10.9. The fraction of sp³-hybridized carbons (Fsp3) is 0.273. The van der Waals surface area contributed by atoms with Gasteiger partial charge in [0.05, 0.1) is 0 Å². The topological polar surface area (TPSA) is 74.6 Å². The van der Waals surface area contributed by atoms with Gasteiger partial charge in [0, 0.05) is 0 Å². The largest absolute Gasteiger partial charge is 2.00 e. The van der Waals surface area contributed by atoms with Crippen LogP contribution in [0.3, 0.4) is 0 Å². The van der Waals surface area contributed by atoms with Gasteiger partial charge < -0.3 is 13.1 Å². The molecule has 0 bridgehead atoms. The second kappa shape index (κ2) is 6.46. The molecular weight excluding hydrogens is 333 g/mol. The van der Waals surface area contributed by atoms with Crippen LogP contribution in [-0.2, 0) is 16.0 Å². The summed E-state index contributed by atoms with van der Waals surface area (Å²) in [5.41, 5.74) is -1.06. The minimum absolute atomic E-state index is 0. The summed E-state index contributed by atoms with van der Waals surface area (Å²) < 4.78 is 0. The molecule has 0 aliphatic heterocycles. The molecule has 1 aromatic rings. The average molecular weight is 348 g/mol. The van der Waals surface area contributed by atoms with Gasteiger partial charge in [-0.2, -0.15) is 0 Å². The predicted molar refractivity (Wildman–Crippen MR) is 61.5 cm³/mol. The first-order valence-corrected chi connectivity index (χ1v) is 4.47. The van der Waals surface area contributed by atoms with E-state index < -0.39 is 17.4 Å². The summed E-state index contributed by atoms with van der Waals surface area (Å²) in [6, 6.07) is 8.72. The minimum atomic E-state index is -1.76. The SMILES string of the molecule is CC(Cc1ccccc1)(C(=O)O)C(=O)O.[Ba+2].[H-].[H-]. The van der Waals surface area contributed by atoms with Gasteiger partial charge >= 0.3 is 60.8 Å². The first-order chi connectivity index (χ1) is 6.97. The summed E-state index contributed by atoms with van der Waals surface area (Å²) in [4.78, 5) is 21.8. The van der Waals surface area contributed by atoms with E-state index in [9.17, 15) is 9.59 Å². The molecule has 0 radical (unpaired) electrons. The molecule has 1 aromatic carbocycles. The van der Waals surface area contributed by atoms with Gasteiger partial charge in [-0.1, -0.05) is 30.3 Å². The van der Waals surface area contributed by atoms with Crippen LogP contribution in [0.25, 0.3) is 0 Å². The predicted octanol–water partition coefficient (Wildman–Crippen LogP) is 1.25. The standard InChI is InChI=1S/C11H12O4.Ba.2H/c1-11(9(12)13,10(14)15)7-8-5-3-2-4-6-8;;;/h2-6H,7H2,1H3,(H,12,13)(H,14,15);;;/q;+2;2*-1. The molecule has 84 valence electrons. The number of hydrogen-bond acceptors (Lipinski definition) is 2. The Labute approximate surface area is 137 Å². The summed E-state index contributed by atoms with van der Waals surface area (Å²) in [5, 5.41) is 17.8. The van der Waals surface area contributed by atoms with Gasteiger partial charge in [0.2, 0.25) is 0 Å². The van der Waals surface area contributed by atoms with Crippen LogP contribution >= 0.6 is 0 Å². The zero-order valence-electron chi connectivity index (χ0n) is 11.0. The zero-order chi connectivity index (χ0) is 11.5. The van der Waals surface area contributed by atoms with Crippen molar-refractivity contribution in [2.24, 2.45) is 5.41 Å². The smallest absolute Gasteiger partial charge is 1.00 e. The minimum Gasteiger partial charge on any atom is -1.00 e. The van der Waals surface area contributed by atoms with E-state index in [0.29, 0.717) is 5.56 Å². The Morgan fingerprint density at radius 1 is 1.19 bits per heavy atom. The average Bonchev–Trinajstić information content (AvgIpc) is 2.18. The van der Waals surface area contributed by atoms with Crippen LogP contribution < -0.4 is 0 Å². The van der Waals surface area contributed by atoms with E-state index in [0.717, 1.165) is 0 Å². The Kier molecular flexibility index (Phi) is 6.35. The number of carbonyl (C=O) groups is 2. The van der Waals surface area contributed by atoms with Crippen LogP contribution in [0.1, 0.15) is 15.3 Å². The number of rotatable bonds is 4. The Morgan fingerprint density at radius 3 is 2.00 bits per heavy atom. The summed E-state index contributed by atoms with van der Waals surface area (Å²) in [6.07, 6.45) is -0.0154. The molecule has 1 rings (SSSR count). The molecule has 0 unspecified atom stereocenters. The molecule has 0 spiro atoms. The van der Waals surface area contributed by atoms with Gasteiger partial charge in [0.25, 0.3) is 0 Å². The van der Waals surface area contributed by atoms with E-state index in [1.54, 1.807) is 30.3 Å². The first-order valence-electron chi connectivity index (χ1n) is 4.47. The number of benzene rings is 1. The molecule has 0 aromatic heterocycles. The van der Waals surface area contributed by atoms with Crippen LogP contribution in [0.15, 0.2) is 30.3 Å². The molecule has 5 heteroatoms. The Balaban J connectivity index is -0.000000750. The third kappa shape index (κ3) is 3.64. The Bertz CT molecular complexity index is 370. The van der Waals surface area contributed by atoms with Crippen LogP contribution in [0.2, 0.25) is 0 Å². The third-order valence-electron chi connectivity index (χ3n) is 2.34. The van der Waals surface area contributed by atoms with Crippen LogP contribution in [0.5, 0.6) is 0 Å². The van der Waals surface area contributed by atoms with Crippen molar-refractivity contribution in [2.75, 3.05) is 0 Å². The van der Waals surface area contributed by atoms with Crippen molar-refractivity contribution in [2.45, 2.75) is 13.3 Å². The van der Waals surface area contributed by atoms with Gasteiger partial charge in [-0.3, -0.25) is 9.59 Å². The quantitative estimate of drug-likeness (QED) is 0.635. The molecule has 0 saturated carbocycles. The molecule has 0 aliphatic rings. The number of aliphatic carboxylic acids is 2. The van der Waals surface area contributed by atoms with Gasteiger partial charge in [0.1, 0.15) is 0 Å². The molecule has 0 heterocycles. The van der Waals surface area contributed by atoms with Crippen LogP contribution in [0.4, 0.5) is 0 Å². The van der Waals surface area contributed by atoms with Crippen molar-refractivity contribution in [3.63, 3.8) is 0 Å². The van der Waals surface area contributed by atoms with Gasteiger partial charge in [0.15, 0.2) is 5.41 Å². The van der Waals surface area contributed by atoms with E-state index in [1.165, 1.54) is 6.92 Å². The third-order valence-corrected chi connectivity index (χ3v) is 2.34. The molecule has 0 aliphatic carbocycles. The monoisotopic (exact) mass is 348 g/mol. The van der Waals surface area contributed by atoms with E-state index >= 15 is 0 Å². The van der Waals surface area contributed by atoms with Gasteiger partial charge in [-0.15, -0.1) is 0 Å². The van der Waals surface area contributed by atoms with Crippen molar-refractivity contribution in [1.82, 2.24) is 0 Å². The molecular formula is C11H14BaO4. The van der Waals surface area contributed by atoms with E-state index in [-0.39, 0.29) is 58.2 Å². The number of carboxylic acids is 2. The van der Waals surface area contributed by atoms with E-state index in [1.807, 2.05) is 0 Å². The maximum Gasteiger partial charge on any atom is 2.00 e. The van der Waals surface area contributed by atoms with Crippen molar-refractivity contribution >= 4 is 60.8 Å². The Hall–Kier alpha value is -0.269. The molecule has 0 amide bonds. The van der Waals surface area contributed by atoms with E-state index in [4.69, 9.17) is 10.2 Å². The van der Waals surface area contributed by atoms with Crippen molar-refractivity contribution in [1.29, 1.82) is 0 Å². The molecule has 0 fully saturated rings. The van der Waals surface area contributed by atoms with Crippen LogP contribution in [-0.4, -0.2) is 71.0 Å². The zero-order valence-corrected chi connectivity index (χ0v) is 13.5. The van der Waals surface area contributed by atoms with Crippen molar-refractivity contribution < 1.29 is 22.7 Å². The molecule has 2 N–H and O–H groups in total. The van der Waals surface area contributed by atoms with Crippen molar-refractivity contribution in [3.8, 4) is 0 Å². The first kappa shape index (κ1) is 15.7. The molecule has 4 nitrogen and oxygen atoms in total. The number of hydrogen-bond donors (Lipinski definition) is 2. The van der Waals surface area contributed by atoms with E-state index in [2.05, 4.69) is 0 Å². The molecule has 0 atom stereocenters. The van der Waals surface area contributed by atoms with Gasteiger partial charge in [-0.25, -0.2) is 0 Å². The summed E-state index contributed by atoms with van der Waals surface area (Å²) in [5.74, 6) is -2.64. The summed E-state index contributed by atoms with van der Waals surface area (Å²) in [6.45, 7) is 1.21. The fourth-order valence-corrected chi connectivity index (χ4v) is 1.25. The van der Waals surface area contributed by atoms with Gasteiger partial charge in [-0.05, 0) is 18.9 Å². The maximum absolute atomic E-state index is 10.9. The molecule has 0 saturated heterocycles. The van der Waals surface area contributed by atoms with Crippen LogP contribution in [0, 0.1) is 5.41 Å². The normalized spacial score (nSPS) is 10.3. The number of carboxylic acid groups (broad SMARTS) is 2. The summed E-state index contributed by atoms with van der Waals surface area (Å²) in [7, 11) is 0. The Morgan fingerprint density at radius 2 is 1.62 bits per heavy atom. The second-order valence-electron chi connectivity index (χ2n) is 3.60. The molecule has 16 heavy (non-hydrogen) atoms. The van der Waals surface area contributed by atoms with Crippen molar-refractivity contribution in [3.05, 3.63) is 35.9 Å². The summed E-state index contributed by atoms with van der Waals surface area (Å²) >= 11 is 0. The second-order valence-corrected chi connectivity index (χ2v) is 3.60.